The number of pyridine rings is 1. The molecule has 6 nitrogen and oxygen atoms in total. The molecule has 2 aromatic heterocycles. The second-order valence-corrected chi connectivity index (χ2v) is 5.58. The summed E-state index contributed by atoms with van der Waals surface area (Å²) in [5, 5.41) is 11.6. The van der Waals surface area contributed by atoms with E-state index in [1.807, 2.05) is 6.92 Å². The second-order valence-electron chi connectivity index (χ2n) is 5.14. The number of thiocarbonyl (C=S) groups is 1. The molecule has 1 amide bonds. The zero-order valence-electron chi connectivity index (χ0n) is 12.3. The summed E-state index contributed by atoms with van der Waals surface area (Å²) in [6, 6.07) is 5.15. The second kappa shape index (κ2) is 5.36. The predicted octanol–water partition coefficient (Wildman–Crippen LogP) is 2.02. The fraction of sp³-hybridized carbons (Fsp3) is 0.0625. The first-order valence-corrected chi connectivity index (χ1v) is 7.22. The molecule has 2 heterocycles. The molecule has 0 unspecified atom stereocenters. The fourth-order valence-corrected chi connectivity index (χ4v) is 2.82. The summed E-state index contributed by atoms with van der Waals surface area (Å²) in [6.07, 6.45) is 2.83. The van der Waals surface area contributed by atoms with Crippen LogP contribution in [0.2, 0.25) is 0 Å². The highest BCUT2D eigenvalue weighted by Crippen LogP contribution is 2.34. The molecule has 0 fully saturated rings. The number of amides is 1. The number of phenols is 1. The molecule has 116 valence electrons. The van der Waals surface area contributed by atoms with Gasteiger partial charge in [0.2, 0.25) is 0 Å². The summed E-state index contributed by atoms with van der Waals surface area (Å²) in [7, 11) is 0. The van der Waals surface area contributed by atoms with Crippen LogP contribution >= 0.6 is 12.2 Å². The van der Waals surface area contributed by atoms with E-state index in [2.05, 4.69) is 9.97 Å². The van der Waals surface area contributed by atoms with Gasteiger partial charge in [-0.3, -0.25) is 4.79 Å². The molecule has 0 saturated carbocycles. The van der Waals surface area contributed by atoms with E-state index in [9.17, 15) is 9.90 Å². The van der Waals surface area contributed by atoms with Gasteiger partial charge in [-0.05, 0) is 36.9 Å². The molecule has 0 bridgehead atoms. The summed E-state index contributed by atoms with van der Waals surface area (Å²) in [5.74, 6) is -0.594. The molecule has 0 atom stereocenters. The minimum atomic E-state index is -0.680. The van der Waals surface area contributed by atoms with Crippen LogP contribution in [-0.4, -0.2) is 25.8 Å². The number of hydrogen-bond acceptors (Lipinski definition) is 5. The number of allylic oxidation sites excluding steroid dienone is 1. The topological polar surface area (TPSA) is 118 Å². The lowest BCUT2D eigenvalue weighted by Crippen LogP contribution is -2.15. The highest BCUT2D eigenvalue weighted by atomic mass is 32.1. The minimum Gasteiger partial charge on any atom is -0.506 e. The predicted molar refractivity (Wildman–Crippen MR) is 93.5 cm³/mol. The first kappa shape index (κ1) is 15.0. The van der Waals surface area contributed by atoms with Gasteiger partial charge in [0, 0.05) is 10.8 Å². The average molecular weight is 326 g/mol. The van der Waals surface area contributed by atoms with E-state index in [0.29, 0.717) is 21.6 Å². The molecule has 0 aliphatic rings. The summed E-state index contributed by atoms with van der Waals surface area (Å²) in [6.45, 7) is 1.91. The molecule has 0 aliphatic carbocycles. The standard InChI is InChI=1S/C16H14N4O2S/c1-7-2-3-10(21)14-12(7)8-6-9(11(23)4-5-17)19-15(16(18)22)13(8)20-14/h2-6,20-21H,17H2,1H3,(H2,18,22)/b5-4-. The molecular formula is C16H14N4O2S. The highest BCUT2D eigenvalue weighted by molar-refractivity contribution is 7.81. The SMILES string of the molecule is Cc1ccc(O)c2[nH]c3c(C(N)=O)nc(C(=S)/C=C\N)cc3c12. The van der Waals surface area contributed by atoms with Crippen LogP contribution in [0, 0.1) is 6.92 Å². The molecule has 7 heteroatoms. The van der Waals surface area contributed by atoms with E-state index in [0.717, 1.165) is 16.3 Å². The van der Waals surface area contributed by atoms with Crippen molar-refractivity contribution in [1.82, 2.24) is 9.97 Å². The van der Waals surface area contributed by atoms with Gasteiger partial charge in [0.15, 0.2) is 5.69 Å². The van der Waals surface area contributed by atoms with Crippen molar-refractivity contribution in [3.8, 4) is 5.75 Å². The number of nitrogens with two attached hydrogens (primary N) is 2. The van der Waals surface area contributed by atoms with Crippen molar-refractivity contribution >= 4 is 44.8 Å². The Morgan fingerprint density at radius 1 is 1.39 bits per heavy atom. The summed E-state index contributed by atoms with van der Waals surface area (Å²) in [5.41, 5.74) is 13.3. The van der Waals surface area contributed by atoms with Gasteiger partial charge >= 0.3 is 0 Å². The number of aromatic hydroxyl groups is 1. The van der Waals surface area contributed by atoms with Gasteiger partial charge in [-0.15, -0.1) is 0 Å². The van der Waals surface area contributed by atoms with E-state index in [1.165, 1.54) is 12.3 Å². The maximum absolute atomic E-state index is 11.8. The van der Waals surface area contributed by atoms with E-state index in [-0.39, 0.29) is 11.4 Å². The van der Waals surface area contributed by atoms with Crippen molar-refractivity contribution in [2.24, 2.45) is 11.5 Å². The van der Waals surface area contributed by atoms with Crippen LogP contribution in [-0.2, 0) is 0 Å². The van der Waals surface area contributed by atoms with Crippen LogP contribution in [0.5, 0.6) is 5.75 Å². The third-order valence-corrected chi connectivity index (χ3v) is 4.01. The van der Waals surface area contributed by atoms with Crippen LogP contribution in [0.25, 0.3) is 21.8 Å². The number of benzene rings is 1. The Balaban J connectivity index is 2.49. The number of nitrogens with zero attached hydrogens (tertiary/aromatic N) is 1. The Morgan fingerprint density at radius 2 is 2.13 bits per heavy atom. The van der Waals surface area contributed by atoms with Crippen LogP contribution in [0.3, 0.4) is 0 Å². The van der Waals surface area contributed by atoms with Gasteiger partial charge in [-0.1, -0.05) is 18.3 Å². The minimum absolute atomic E-state index is 0.0697. The molecule has 0 aliphatic heterocycles. The fourth-order valence-electron chi connectivity index (χ4n) is 2.64. The van der Waals surface area contributed by atoms with E-state index < -0.39 is 5.91 Å². The first-order chi connectivity index (χ1) is 10.9. The summed E-state index contributed by atoms with van der Waals surface area (Å²) >= 11 is 5.24. The van der Waals surface area contributed by atoms with Gasteiger partial charge in [0.1, 0.15) is 5.75 Å². The third kappa shape index (κ3) is 2.31. The Labute approximate surface area is 136 Å². The monoisotopic (exact) mass is 326 g/mol. The maximum Gasteiger partial charge on any atom is 0.269 e. The number of aromatic amines is 1. The number of fused-ring (bicyclic) bond motifs is 3. The molecule has 6 N–H and O–H groups in total. The van der Waals surface area contributed by atoms with E-state index in [1.54, 1.807) is 18.2 Å². The van der Waals surface area contributed by atoms with Gasteiger partial charge in [-0.2, -0.15) is 0 Å². The van der Waals surface area contributed by atoms with Crippen LogP contribution in [0.1, 0.15) is 21.7 Å². The van der Waals surface area contributed by atoms with Crippen molar-refractivity contribution in [3.05, 3.63) is 47.4 Å². The summed E-state index contributed by atoms with van der Waals surface area (Å²) < 4.78 is 0. The Morgan fingerprint density at radius 3 is 2.78 bits per heavy atom. The number of phenolic OH excluding ortho intramolecular Hbond substituents is 1. The number of nitrogens with one attached hydrogen (secondary N) is 1. The number of primary amides is 1. The molecule has 3 rings (SSSR count). The van der Waals surface area contributed by atoms with Gasteiger partial charge < -0.3 is 21.6 Å². The van der Waals surface area contributed by atoms with Crippen molar-refractivity contribution < 1.29 is 9.90 Å². The maximum atomic E-state index is 11.8. The van der Waals surface area contributed by atoms with Gasteiger partial charge in [0.05, 0.1) is 21.6 Å². The molecule has 3 aromatic rings. The third-order valence-electron chi connectivity index (χ3n) is 3.66. The number of aryl methyl sites for hydroxylation is 1. The smallest absolute Gasteiger partial charge is 0.269 e. The number of carbonyl (C=O) groups is 1. The van der Waals surface area contributed by atoms with Gasteiger partial charge in [0.25, 0.3) is 5.91 Å². The number of aromatic nitrogens is 2. The molecular weight excluding hydrogens is 312 g/mol. The molecule has 0 radical (unpaired) electrons. The Bertz CT molecular complexity index is 1000. The average Bonchev–Trinajstić information content (AvgIpc) is 2.90. The van der Waals surface area contributed by atoms with Crippen LogP contribution < -0.4 is 11.5 Å². The normalized spacial score (nSPS) is 11.5. The zero-order valence-corrected chi connectivity index (χ0v) is 13.1. The molecule has 1 aromatic carbocycles. The van der Waals surface area contributed by atoms with Crippen LogP contribution in [0.4, 0.5) is 0 Å². The molecule has 0 saturated heterocycles. The lowest BCUT2D eigenvalue weighted by Gasteiger charge is -2.04. The van der Waals surface area contributed by atoms with Crippen molar-refractivity contribution in [2.45, 2.75) is 6.92 Å². The first-order valence-electron chi connectivity index (χ1n) is 6.81. The van der Waals surface area contributed by atoms with Crippen LogP contribution in [0.15, 0.2) is 30.5 Å². The van der Waals surface area contributed by atoms with Crippen molar-refractivity contribution in [1.29, 1.82) is 0 Å². The number of carbonyl (C=O) groups excluding carboxylic acids is 1. The summed E-state index contributed by atoms with van der Waals surface area (Å²) in [4.78, 5) is 19.5. The lowest BCUT2D eigenvalue weighted by atomic mass is 10.1. The number of hydrogen-bond donors (Lipinski definition) is 4. The molecule has 23 heavy (non-hydrogen) atoms. The van der Waals surface area contributed by atoms with Crippen molar-refractivity contribution in [2.75, 3.05) is 0 Å². The van der Waals surface area contributed by atoms with E-state index in [4.69, 9.17) is 23.7 Å². The lowest BCUT2D eigenvalue weighted by molar-refractivity contribution is 0.0997. The quantitative estimate of drug-likeness (QED) is 0.334. The largest absolute Gasteiger partial charge is 0.506 e. The van der Waals surface area contributed by atoms with E-state index >= 15 is 0 Å². The Hall–Kier alpha value is -2.93. The number of H-pyrrole nitrogens is 1. The highest BCUT2D eigenvalue weighted by Gasteiger charge is 2.18. The zero-order chi connectivity index (χ0) is 16.7. The Kier molecular flexibility index (Phi) is 3.49. The van der Waals surface area contributed by atoms with Crippen molar-refractivity contribution in [3.63, 3.8) is 0 Å². The van der Waals surface area contributed by atoms with Gasteiger partial charge in [-0.25, -0.2) is 4.98 Å². The molecule has 0 spiro atoms. The number of rotatable bonds is 3.